The van der Waals surface area contributed by atoms with E-state index in [1.807, 2.05) is 0 Å². The minimum absolute atomic E-state index is 0.00618. The van der Waals surface area contributed by atoms with Gasteiger partial charge in [-0.05, 0) is 79.5 Å². The Morgan fingerprint density at radius 1 is 0.778 bits per heavy atom. The van der Waals surface area contributed by atoms with Crippen molar-refractivity contribution in [2.45, 2.75) is 70.1 Å². The van der Waals surface area contributed by atoms with Gasteiger partial charge in [-0.3, -0.25) is 0 Å². The van der Waals surface area contributed by atoms with Crippen LogP contribution in [0.25, 0.3) is 22.8 Å². The lowest BCUT2D eigenvalue weighted by Crippen LogP contribution is -2.36. The lowest BCUT2D eigenvalue weighted by Gasteiger charge is -2.43. The van der Waals surface area contributed by atoms with Gasteiger partial charge in [0.1, 0.15) is 0 Å². The first-order chi connectivity index (χ1) is 17.1. The Balaban J connectivity index is 1.45. The molecular formula is C36H36. The molecule has 0 saturated carbocycles. The Kier molecular flexibility index (Phi) is 4.30. The van der Waals surface area contributed by atoms with Gasteiger partial charge in [0, 0.05) is 16.7 Å². The van der Waals surface area contributed by atoms with Crippen LogP contribution in [0, 0.1) is 5.92 Å². The van der Waals surface area contributed by atoms with E-state index in [1.165, 1.54) is 44.5 Å². The first-order valence-corrected chi connectivity index (χ1v) is 13.6. The first kappa shape index (κ1) is 22.1. The van der Waals surface area contributed by atoms with Crippen LogP contribution in [-0.2, 0) is 16.2 Å². The summed E-state index contributed by atoms with van der Waals surface area (Å²) in [5.74, 6) is 1.03. The fourth-order valence-corrected chi connectivity index (χ4v) is 8.23. The van der Waals surface area contributed by atoms with Gasteiger partial charge in [0.05, 0.1) is 0 Å². The van der Waals surface area contributed by atoms with Crippen LogP contribution in [-0.4, -0.2) is 0 Å². The number of allylic oxidation sites excluding steroid dienone is 5. The molecule has 0 aliphatic heterocycles. The zero-order valence-electron chi connectivity index (χ0n) is 22.4. The van der Waals surface area contributed by atoms with Gasteiger partial charge in [0.15, 0.2) is 0 Å². The molecule has 0 N–H and O–H groups in total. The van der Waals surface area contributed by atoms with Crippen LogP contribution in [0.2, 0.25) is 0 Å². The molecule has 36 heavy (non-hydrogen) atoms. The highest BCUT2D eigenvalue weighted by Crippen LogP contribution is 2.65. The molecule has 0 saturated heterocycles. The molecule has 180 valence electrons. The molecular weight excluding hydrogens is 432 g/mol. The Bertz CT molecular complexity index is 1540. The third-order valence-electron chi connectivity index (χ3n) is 9.96. The molecule has 3 aromatic rings. The zero-order chi connectivity index (χ0) is 25.0. The summed E-state index contributed by atoms with van der Waals surface area (Å²) in [6.45, 7) is 14.6. The fourth-order valence-electron chi connectivity index (χ4n) is 8.23. The van der Waals surface area contributed by atoms with Gasteiger partial charge in [-0.1, -0.05) is 120 Å². The van der Waals surface area contributed by atoms with Gasteiger partial charge in [0.25, 0.3) is 0 Å². The molecule has 0 bridgehead atoms. The van der Waals surface area contributed by atoms with Crippen molar-refractivity contribution in [1.29, 1.82) is 0 Å². The summed E-state index contributed by atoms with van der Waals surface area (Å²) >= 11 is 0. The number of hydrogen-bond acceptors (Lipinski definition) is 0. The summed E-state index contributed by atoms with van der Waals surface area (Å²) in [6, 6.07) is 21.1. The quantitative estimate of drug-likeness (QED) is 0.334. The van der Waals surface area contributed by atoms with E-state index in [2.05, 4.69) is 127 Å². The molecule has 3 aromatic carbocycles. The first-order valence-electron chi connectivity index (χ1n) is 13.6. The Morgan fingerprint density at radius 3 is 2.36 bits per heavy atom. The van der Waals surface area contributed by atoms with Crippen molar-refractivity contribution >= 4 is 11.6 Å². The van der Waals surface area contributed by atoms with Crippen LogP contribution in [0.4, 0.5) is 0 Å². The van der Waals surface area contributed by atoms with Gasteiger partial charge in [-0.15, -0.1) is 0 Å². The van der Waals surface area contributed by atoms with Crippen LogP contribution in [0.1, 0.15) is 92.8 Å². The minimum Gasteiger partial charge on any atom is -0.0808 e. The maximum Gasteiger partial charge on any atom is 0.0187 e. The van der Waals surface area contributed by atoms with E-state index < -0.39 is 0 Å². The van der Waals surface area contributed by atoms with Crippen molar-refractivity contribution in [1.82, 2.24) is 0 Å². The standard InChI is InChI=1S/C36H36/c1-22-11-13-23(14-12-22)25-16-18-29-30(21-25)36(6)20-19-24-15-17-27-26-9-7-8-10-28(26)34(2,3)32(27)31(24)33(36)35(29,4)5/h7-11,13-22,33H,12H2,1-6H3. The van der Waals surface area contributed by atoms with E-state index >= 15 is 0 Å². The van der Waals surface area contributed by atoms with Crippen molar-refractivity contribution in [3.63, 3.8) is 0 Å². The minimum atomic E-state index is -0.0337. The van der Waals surface area contributed by atoms with Crippen molar-refractivity contribution in [2.75, 3.05) is 0 Å². The monoisotopic (exact) mass is 468 g/mol. The van der Waals surface area contributed by atoms with Crippen molar-refractivity contribution in [3.8, 4) is 11.1 Å². The molecule has 0 fully saturated rings. The molecule has 0 nitrogen and oxygen atoms in total. The number of hydrogen-bond donors (Lipinski definition) is 0. The molecule has 7 rings (SSSR count). The van der Waals surface area contributed by atoms with E-state index in [-0.39, 0.29) is 16.2 Å². The lowest BCUT2D eigenvalue weighted by molar-refractivity contribution is 0.350. The van der Waals surface area contributed by atoms with Gasteiger partial charge < -0.3 is 0 Å². The molecule has 3 unspecified atom stereocenters. The van der Waals surface area contributed by atoms with Crippen LogP contribution < -0.4 is 0 Å². The Morgan fingerprint density at radius 2 is 1.58 bits per heavy atom. The smallest absolute Gasteiger partial charge is 0.0187 e. The van der Waals surface area contributed by atoms with Gasteiger partial charge in [-0.2, -0.15) is 0 Å². The summed E-state index contributed by atoms with van der Waals surface area (Å²) < 4.78 is 0. The molecule has 0 spiro atoms. The maximum absolute atomic E-state index is 2.52. The SMILES string of the molecule is CC1C=CC(c2ccc3c(c2)C2(C)C=Cc4ccc5c(c4C2C3(C)C)C(C)(C)c2ccccc2-5)=CC1. The number of benzene rings is 3. The lowest BCUT2D eigenvalue weighted by atomic mass is 9.59. The molecule has 0 amide bonds. The fraction of sp³-hybridized carbons (Fsp3) is 0.333. The molecule has 0 radical (unpaired) electrons. The van der Waals surface area contributed by atoms with E-state index in [0.29, 0.717) is 11.8 Å². The number of rotatable bonds is 1. The van der Waals surface area contributed by atoms with Crippen LogP contribution in [0.15, 0.2) is 78.9 Å². The highest BCUT2D eigenvalue weighted by atomic mass is 14.6. The van der Waals surface area contributed by atoms with Crippen LogP contribution >= 0.6 is 0 Å². The molecule has 0 aromatic heterocycles. The van der Waals surface area contributed by atoms with E-state index in [1.54, 1.807) is 11.1 Å². The highest BCUT2D eigenvalue weighted by Gasteiger charge is 2.56. The third-order valence-corrected chi connectivity index (χ3v) is 9.96. The van der Waals surface area contributed by atoms with E-state index in [0.717, 1.165) is 6.42 Å². The second kappa shape index (κ2) is 7.00. The number of fused-ring (bicyclic) bond motifs is 9. The summed E-state index contributed by atoms with van der Waals surface area (Å²) in [5.41, 5.74) is 14.6. The topological polar surface area (TPSA) is 0 Å². The summed E-state index contributed by atoms with van der Waals surface area (Å²) in [5, 5.41) is 0. The molecule has 3 atom stereocenters. The van der Waals surface area contributed by atoms with Crippen molar-refractivity contribution in [2.24, 2.45) is 5.92 Å². The average Bonchev–Trinajstić information content (AvgIpc) is 3.21. The second-order valence-corrected chi connectivity index (χ2v) is 12.9. The molecule has 0 heteroatoms. The molecule has 4 aliphatic carbocycles. The summed E-state index contributed by atoms with van der Waals surface area (Å²) in [6.07, 6.45) is 13.2. The van der Waals surface area contributed by atoms with Crippen LogP contribution in [0.3, 0.4) is 0 Å². The summed E-state index contributed by atoms with van der Waals surface area (Å²) in [7, 11) is 0. The third kappa shape index (κ3) is 2.66. The largest absolute Gasteiger partial charge is 0.0808 e. The maximum atomic E-state index is 2.52. The normalized spacial score (nSPS) is 27.6. The van der Waals surface area contributed by atoms with E-state index in [9.17, 15) is 0 Å². The van der Waals surface area contributed by atoms with E-state index in [4.69, 9.17) is 0 Å². The van der Waals surface area contributed by atoms with Gasteiger partial charge >= 0.3 is 0 Å². The Labute approximate surface area is 216 Å². The molecule has 4 aliphatic rings. The predicted molar refractivity (Wildman–Crippen MR) is 153 cm³/mol. The average molecular weight is 469 g/mol. The van der Waals surface area contributed by atoms with Gasteiger partial charge in [-0.25, -0.2) is 0 Å². The van der Waals surface area contributed by atoms with Crippen molar-refractivity contribution < 1.29 is 0 Å². The molecule has 0 heterocycles. The van der Waals surface area contributed by atoms with Gasteiger partial charge in [0.2, 0.25) is 0 Å². The van der Waals surface area contributed by atoms with Crippen molar-refractivity contribution in [3.05, 3.63) is 118 Å². The van der Waals surface area contributed by atoms with Crippen LogP contribution in [0.5, 0.6) is 0 Å². The predicted octanol–water partition coefficient (Wildman–Crippen LogP) is 9.33. The zero-order valence-corrected chi connectivity index (χ0v) is 22.4. The second-order valence-electron chi connectivity index (χ2n) is 12.9. The highest BCUT2D eigenvalue weighted by molar-refractivity contribution is 5.86. The summed E-state index contributed by atoms with van der Waals surface area (Å²) in [4.78, 5) is 0. The Hall–Kier alpha value is -3.12.